The molecular formula is C16H9F4NO. The summed E-state index contributed by atoms with van der Waals surface area (Å²) < 4.78 is 51.7. The zero-order valence-electron chi connectivity index (χ0n) is 11.0. The van der Waals surface area contributed by atoms with Gasteiger partial charge in [0.25, 0.3) is 0 Å². The van der Waals surface area contributed by atoms with Gasteiger partial charge < -0.3 is 4.98 Å². The molecule has 0 amide bonds. The normalized spacial score (nSPS) is 11.8. The van der Waals surface area contributed by atoms with Gasteiger partial charge in [-0.3, -0.25) is 4.79 Å². The van der Waals surface area contributed by atoms with Gasteiger partial charge in [-0.05, 0) is 35.9 Å². The molecule has 1 N–H and O–H groups in total. The van der Waals surface area contributed by atoms with Crippen LogP contribution in [0.1, 0.15) is 15.9 Å². The molecule has 6 heteroatoms. The van der Waals surface area contributed by atoms with Crippen LogP contribution in [-0.2, 0) is 6.18 Å². The van der Waals surface area contributed by atoms with Gasteiger partial charge in [-0.1, -0.05) is 12.1 Å². The molecule has 0 saturated carbocycles. The summed E-state index contributed by atoms with van der Waals surface area (Å²) in [5.74, 6) is -0.523. The highest BCUT2D eigenvalue weighted by atomic mass is 19.4. The molecule has 2 aromatic carbocycles. The van der Waals surface area contributed by atoms with Crippen molar-refractivity contribution in [1.29, 1.82) is 0 Å². The molecule has 0 radical (unpaired) electrons. The van der Waals surface area contributed by atoms with Crippen LogP contribution in [0.5, 0.6) is 0 Å². The number of fused-ring (bicyclic) bond motifs is 1. The van der Waals surface area contributed by atoms with Crippen LogP contribution in [0.2, 0.25) is 0 Å². The average molecular weight is 307 g/mol. The molecule has 0 atom stereocenters. The lowest BCUT2D eigenvalue weighted by atomic mass is 10.0. The number of halogens is 4. The molecule has 0 spiro atoms. The Kier molecular flexibility index (Phi) is 3.24. The fraction of sp³-hybridized carbons (Fsp3) is 0.0625. The topological polar surface area (TPSA) is 32.9 Å². The van der Waals surface area contributed by atoms with Crippen molar-refractivity contribution in [3.05, 3.63) is 59.4 Å². The number of aromatic nitrogens is 1. The molecule has 0 bridgehead atoms. The minimum Gasteiger partial charge on any atom is -0.354 e. The molecule has 3 rings (SSSR count). The van der Waals surface area contributed by atoms with Gasteiger partial charge in [0.15, 0.2) is 6.29 Å². The van der Waals surface area contributed by atoms with E-state index in [2.05, 4.69) is 4.98 Å². The number of carbonyl (C=O) groups is 1. The lowest BCUT2D eigenvalue weighted by molar-refractivity contribution is -0.137. The lowest BCUT2D eigenvalue weighted by Gasteiger charge is -2.08. The molecule has 112 valence electrons. The Balaban J connectivity index is 2.24. The Morgan fingerprint density at radius 2 is 1.82 bits per heavy atom. The van der Waals surface area contributed by atoms with Crippen molar-refractivity contribution < 1.29 is 22.4 Å². The van der Waals surface area contributed by atoms with Gasteiger partial charge in [0.1, 0.15) is 5.82 Å². The first-order valence-electron chi connectivity index (χ1n) is 6.34. The number of aromatic amines is 1. The van der Waals surface area contributed by atoms with E-state index in [4.69, 9.17) is 0 Å². The van der Waals surface area contributed by atoms with Crippen LogP contribution in [0.15, 0.2) is 42.5 Å². The van der Waals surface area contributed by atoms with Crippen molar-refractivity contribution in [1.82, 2.24) is 4.98 Å². The third kappa shape index (κ3) is 2.36. The smallest absolute Gasteiger partial charge is 0.354 e. The largest absolute Gasteiger partial charge is 0.416 e. The van der Waals surface area contributed by atoms with Gasteiger partial charge in [-0.25, -0.2) is 4.39 Å². The van der Waals surface area contributed by atoms with Crippen molar-refractivity contribution in [2.45, 2.75) is 6.18 Å². The molecule has 0 aliphatic carbocycles. The van der Waals surface area contributed by atoms with Gasteiger partial charge in [0, 0.05) is 16.5 Å². The molecular weight excluding hydrogens is 298 g/mol. The first-order valence-corrected chi connectivity index (χ1v) is 6.34. The number of H-pyrrole nitrogens is 1. The van der Waals surface area contributed by atoms with Crippen LogP contribution in [0.3, 0.4) is 0 Å². The third-order valence-electron chi connectivity index (χ3n) is 3.40. The summed E-state index contributed by atoms with van der Waals surface area (Å²) in [7, 11) is 0. The Labute approximate surface area is 122 Å². The first-order chi connectivity index (χ1) is 10.4. The maximum atomic E-state index is 13.3. The molecule has 1 aromatic heterocycles. The Morgan fingerprint density at radius 3 is 2.50 bits per heavy atom. The van der Waals surface area contributed by atoms with Gasteiger partial charge in [0.05, 0.1) is 11.3 Å². The predicted octanol–water partition coefficient (Wildman–Crippen LogP) is 4.81. The van der Waals surface area contributed by atoms with Crippen LogP contribution in [0, 0.1) is 5.82 Å². The molecule has 0 aliphatic heterocycles. The molecule has 1 heterocycles. The SMILES string of the molecule is O=Cc1c(-c2cccc(C(F)(F)F)c2)[nH]c2ccc(F)cc12. The second-order valence-corrected chi connectivity index (χ2v) is 4.80. The number of rotatable bonds is 2. The van der Waals surface area contributed by atoms with Crippen molar-refractivity contribution in [2.24, 2.45) is 0 Å². The summed E-state index contributed by atoms with van der Waals surface area (Å²) in [4.78, 5) is 14.2. The van der Waals surface area contributed by atoms with Gasteiger partial charge in [0.2, 0.25) is 0 Å². The summed E-state index contributed by atoms with van der Waals surface area (Å²) in [6.07, 6.45) is -3.97. The number of alkyl halides is 3. The summed E-state index contributed by atoms with van der Waals surface area (Å²) >= 11 is 0. The summed E-state index contributed by atoms with van der Waals surface area (Å²) in [6.45, 7) is 0. The van der Waals surface area contributed by atoms with E-state index >= 15 is 0 Å². The molecule has 0 aliphatic rings. The molecule has 0 saturated heterocycles. The van der Waals surface area contributed by atoms with Crippen LogP contribution in [0.4, 0.5) is 17.6 Å². The van der Waals surface area contributed by atoms with Crippen LogP contribution in [-0.4, -0.2) is 11.3 Å². The standard InChI is InChI=1S/C16H9F4NO/c17-11-4-5-14-12(7-11)13(8-22)15(21-14)9-2-1-3-10(6-9)16(18,19)20/h1-8,21H. The Hall–Kier alpha value is -2.63. The van der Waals surface area contributed by atoms with Gasteiger partial charge >= 0.3 is 6.18 Å². The minimum atomic E-state index is -4.48. The molecule has 0 fully saturated rings. The van der Waals surface area contributed by atoms with Crippen LogP contribution >= 0.6 is 0 Å². The van der Waals surface area contributed by atoms with Crippen LogP contribution in [0.25, 0.3) is 22.2 Å². The number of benzene rings is 2. The van der Waals surface area contributed by atoms with E-state index in [0.29, 0.717) is 17.2 Å². The number of carbonyl (C=O) groups excluding carboxylic acids is 1. The lowest BCUT2D eigenvalue weighted by Crippen LogP contribution is -2.04. The predicted molar refractivity (Wildman–Crippen MR) is 74.1 cm³/mol. The number of hydrogen-bond acceptors (Lipinski definition) is 1. The minimum absolute atomic E-state index is 0.133. The number of hydrogen-bond donors (Lipinski definition) is 1. The van der Waals surface area contributed by atoms with Crippen LogP contribution < -0.4 is 0 Å². The van der Waals surface area contributed by atoms with Gasteiger partial charge in [-0.15, -0.1) is 0 Å². The maximum absolute atomic E-state index is 13.3. The summed E-state index contributed by atoms with van der Waals surface area (Å²) in [5, 5.41) is 0.336. The van der Waals surface area contributed by atoms with E-state index in [1.807, 2.05) is 0 Å². The highest BCUT2D eigenvalue weighted by molar-refractivity contribution is 6.04. The van der Waals surface area contributed by atoms with E-state index in [1.54, 1.807) is 0 Å². The second kappa shape index (κ2) is 4.98. The van der Waals surface area contributed by atoms with E-state index in [0.717, 1.165) is 12.1 Å². The number of nitrogens with one attached hydrogen (secondary N) is 1. The van der Waals surface area contributed by atoms with E-state index in [-0.39, 0.29) is 16.8 Å². The third-order valence-corrected chi connectivity index (χ3v) is 3.40. The Bertz CT molecular complexity index is 864. The molecule has 22 heavy (non-hydrogen) atoms. The van der Waals surface area contributed by atoms with E-state index in [9.17, 15) is 22.4 Å². The van der Waals surface area contributed by atoms with E-state index < -0.39 is 17.6 Å². The highest BCUT2D eigenvalue weighted by Gasteiger charge is 2.30. The monoisotopic (exact) mass is 307 g/mol. The fourth-order valence-corrected chi connectivity index (χ4v) is 2.39. The maximum Gasteiger partial charge on any atom is 0.416 e. The molecule has 3 aromatic rings. The highest BCUT2D eigenvalue weighted by Crippen LogP contribution is 2.34. The zero-order valence-corrected chi connectivity index (χ0v) is 11.0. The van der Waals surface area contributed by atoms with Gasteiger partial charge in [-0.2, -0.15) is 13.2 Å². The number of aldehydes is 1. The summed E-state index contributed by atoms with van der Waals surface area (Å²) in [5.41, 5.74) is 0.256. The second-order valence-electron chi connectivity index (χ2n) is 4.80. The Morgan fingerprint density at radius 1 is 1.05 bits per heavy atom. The fourth-order valence-electron chi connectivity index (χ4n) is 2.39. The van der Waals surface area contributed by atoms with Crippen molar-refractivity contribution in [3.8, 4) is 11.3 Å². The van der Waals surface area contributed by atoms with E-state index in [1.165, 1.54) is 30.3 Å². The molecule has 2 nitrogen and oxygen atoms in total. The first kappa shape index (κ1) is 14.3. The quantitative estimate of drug-likeness (QED) is 0.535. The van der Waals surface area contributed by atoms with Crippen molar-refractivity contribution >= 4 is 17.2 Å². The summed E-state index contributed by atoms with van der Waals surface area (Å²) in [6, 6.07) is 8.45. The molecule has 0 unspecified atom stereocenters. The van der Waals surface area contributed by atoms with Crippen molar-refractivity contribution in [2.75, 3.05) is 0 Å². The zero-order chi connectivity index (χ0) is 15.9. The van der Waals surface area contributed by atoms with Crippen molar-refractivity contribution in [3.63, 3.8) is 0 Å². The average Bonchev–Trinajstić information content (AvgIpc) is 2.84.